The quantitative estimate of drug-likeness (QED) is 0.870. The van der Waals surface area contributed by atoms with Crippen LogP contribution in [0, 0.1) is 5.92 Å². The summed E-state index contributed by atoms with van der Waals surface area (Å²) in [7, 11) is 1.29. The van der Waals surface area contributed by atoms with Gasteiger partial charge in [-0.25, -0.2) is 4.79 Å². The molecule has 2 N–H and O–H groups in total. The molecular weight excluding hydrogens is 294 g/mol. The standard InChI is InChI=1S/C16H21N5O2/c1-11-7-9-20(10-8-11)12-3-5-13(6-4-12)21-15(17)14(18-19-21)16(22)23-2/h3-6,11H,7-10,17H2,1-2H3. The molecule has 2 heterocycles. The van der Waals surface area contributed by atoms with Gasteiger partial charge in [-0.05, 0) is 43.0 Å². The summed E-state index contributed by atoms with van der Waals surface area (Å²) in [6, 6.07) is 7.95. The number of carbonyl (C=O) groups is 1. The molecule has 1 aromatic carbocycles. The van der Waals surface area contributed by atoms with Gasteiger partial charge in [0.2, 0.25) is 5.69 Å². The lowest BCUT2D eigenvalue weighted by molar-refractivity contribution is 0.0595. The molecule has 23 heavy (non-hydrogen) atoms. The van der Waals surface area contributed by atoms with Gasteiger partial charge in [0.1, 0.15) is 0 Å². The highest BCUT2D eigenvalue weighted by molar-refractivity contribution is 5.92. The highest BCUT2D eigenvalue weighted by atomic mass is 16.5. The molecule has 0 amide bonds. The molecule has 1 aliphatic rings. The first-order valence-electron chi connectivity index (χ1n) is 7.75. The number of nitrogens with two attached hydrogens (primary N) is 1. The summed E-state index contributed by atoms with van der Waals surface area (Å²) in [5.41, 5.74) is 7.91. The summed E-state index contributed by atoms with van der Waals surface area (Å²) >= 11 is 0. The predicted molar refractivity (Wildman–Crippen MR) is 87.7 cm³/mol. The maximum atomic E-state index is 11.5. The number of anilines is 2. The van der Waals surface area contributed by atoms with Gasteiger partial charge in [-0.1, -0.05) is 12.1 Å². The predicted octanol–water partition coefficient (Wildman–Crippen LogP) is 1.87. The molecule has 0 aliphatic carbocycles. The number of esters is 1. The monoisotopic (exact) mass is 315 g/mol. The molecular formula is C16H21N5O2. The van der Waals surface area contributed by atoms with Crippen LogP contribution >= 0.6 is 0 Å². The molecule has 0 atom stereocenters. The third kappa shape index (κ3) is 2.99. The fourth-order valence-corrected chi connectivity index (χ4v) is 2.79. The normalized spacial score (nSPS) is 15.7. The lowest BCUT2D eigenvalue weighted by Gasteiger charge is -2.32. The van der Waals surface area contributed by atoms with Gasteiger partial charge in [0.05, 0.1) is 12.8 Å². The van der Waals surface area contributed by atoms with Crippen molar-refractivity contribution in [1.29, 1.82) is 0 Å². The van der Waals surface area contributed by atoms with Crippen molar-refractivity contribution < 1.29 is 9.53 Å². The van der Waals surface area contributed by atoms with E-state index in [-0.39, 0.29) is 11.5 Å². The minimum Gasteiger partial charge on any atom is -0.464 e. The topological polar surface area (TPSA) is 86.3 Å². The largest absolute Gasteiger partial charge is 0.464 e. The van der Waals surface area contributed by atoms with Crippen molar-refractivity contribution in [3.63, 3.8) is 0 Å². The number of rotatable bonds is 3. The maximum absolute atomic E-state index is 11.5. The molecule has 1 saturated heterocycles. The molecule has 7 heteroatoms. The van der Waals surface area contributed by atoms with Crippen molar-refractivity contribution in [1.82, 2.24) is 15.0 Å². The van der Waals surface area contributed by atoms with E-state index in [2.05, 4.69) is 26.9 Å². The summed E-state index contributed by atoms with van der Waals surface area (Å²) in [5, 5.41) is 7.72. The van der Waals surface area contributed by atoms with Gasteiger partial charge in [0.25, 0.3) is 0 Å². The molecule has 122 valence electrons. The van der Waals surface area contributed by atoms with Gasteiger partial charge in [-0.2, -0.15) is 4.68 Å². The summed E-state index contributed by atoms with van der Waals surface area (Å²) in [5.74, 6) is 0.390. The number of benzene rings is 1. The van der Waals surface area contributed by atoms with Gasteiger partial charge in [0.15, 0.2) is 5.82 Å². The Morgan fingerprint density at radius 3 is 2.43 bits per heavy atom. The Balaban J connectivity index is 1.80. The molecule has 0 saturated carbocycles. The minimum atomic E-state index is -0.590. The van der Waals surface area contributed by atoms with E-state index in [4.69, 9.17) is 5.73 Å². The molecule has 1 fully saturated rings. The van der Waals surface area contributed by atoms with Gasteiger partial charge in [-0.3, -0.25) is 0 Å². The van der Waals surface area contributed by atoms with Gasteiger partial charge in [-0.15, -0.1) is 5.10 Å². The van der Waals surface area contributed by atoms with Crippen molar-refractivity contribution in [3.05, 3.63) is 30.0 Å². The average Bonchev–Trinajstić information content (AvgIpc) is 2.96. The van der Waals surface area contributed by atoms with Crippen LogP contribution in [0.4, 0.5) is 11.5 Å². The fraction of sp³-hybridized carbons (Fsp3) is 0.438. The summed E-state index contributed by atoms with van der Waals surface area (Å²) in [4.78, 5) is 13.9. The maximum Gasteiger partial charge on any atom is 0.362 e. The Bertz CT molecular complexity index is 687. The third-order valence-corrected chi connectivity index (χ3v) is 4.33. The number of hydrogen-bond donors (Lipinski definition) is 1. The zero-order valence-corrected chi connectivity index (χ0v) is 13.4. The molecule has 0 radical (unpaired) electrons. The number of nitrogens with zero attached hydrogens (tertiary/aromatic N) is 4. The first-order chi connectivity index (χ1) is 11.1. The van der Waals surface area contributed by atoms with Gasteiger partial charge in [0, 0.05) is 18.8 Å². The first-order valence-corrected chi connectivity index (χ1v) is 7.75. The highest BCUT2D eigenvalue weighted by Gasteiger charge is 2.19. The van der Waals surface area contributed by atoms with Crippen LogP contribution in [0.2, 0.25) is 0 Å². The van der Waals surface area contributed by atoms with Crippen LogP contribution in [0.3, 0.4) is 0 Å². The first kappa shape index (κ1) is 15.3. The van der Waals surface area contributed by atoms with E-state index in [0.29, 0.717) is 0 Å². The van der Waals surface area contributed by atoms with E-state index in [1.165, 1.54) is 30.3 Å². The zero-order valence-electron chi connectivity index (χ0n) is 13.4. The Hall–Kier alpha value is -2.57. The Labute approximate surface area is 135 Å². The summed E-state index contributed by atoms with van der Waals surface area (Å²) in [6.07, 6.45) is 2.44. The number of piperidine rings is 1. The van der Waals surface area contributed by atoms with Crippen LogP contribution in [-0.2, 0) is 4.74 Å². The number of ether oxygens (including phenoxy) is 1. The second kappa shape index (κ2) is 6.28. The highest BCUT2D eigenvalue weighted by Crippen LogP contribution is 2.24. The van der Waals surface area contributed by atoms with Crippen molar-refractivity contribution in [2.24, 2.45) is 5.92 Å². The zero-order chi connectivity index (χ0) is 16.4. The molecule has 0 unspecified atom stereocenters. The molecule has 1 aliphatic heterocycles. The molecule has 1 aromatic heterocycles. The van der Waals surface area contributed by atoms with Crippen molar-refractivity contribution >= 4 is 17.5 Å². The second-order valence-electron chi connectivity index (χ2n) is 5.91. The van der Waals surface area contributed by atoms with Crippen molar-refractivity contribution in [2.45, 2.75) is 19.8 Å². The van der Waals surface area contributed by atoms with E-state index in [9.17, 15) is 4.79 Å². The van der Waals surface area contributed by atoms with E-state index in [0.717, 1.165) is 24.7 Å². The van der Waals surface area contributed by atoms with Crippen LogP contribution in [0.1, 0.15) is 30.3 Å². The van der Waals surface area contributed by atoms with E-state index >= 15 is 0 Å². The molecule has 2 aromatic rings. The van der Waals surface area contributed by atoms with Crippen molar-refractivity contribution in [2.75, 3.05) is 30.8 Å². The number of carbonyl (C=O) groups excluding carboxylic acids is 1. The number of hydrogen-bond acceptors (Lipinski definition) is 6. The minimum absolute atomic E-state index is 0.0293. The molecule has 0 bridgehead atoms. The number of aromatic nitrogens is 3. The van der Waals surface area contributed by atoms with E-state index in [1.807, 2.05) is 24.3 Å². The Kier molecular flexibility index (Phi) is 4.18. The SMILES string of the molecule is COC(=O)c1nnn(-c2ccc(N3CCC(C)CC3)cc2)c1N. The number of methoxy groups -OCH3 is 1. The van der Waals surface area contributed by atoms with Crippen LogP contribution in [0.15, 0.2) is 24.3 Å². The van der Waals surface area contributed by atoms with Crippen LogP contribution in [0.25, 0.3) is 5.69 Å². The molecule has 3 rings (SSSR count). The second-order valence-corrected chi connectivity index (χ2v) is 5.91. The Morgan fingerprint density at radius 1 is 1.22 bits per heavy atom. The third-order valence-electron chi connectivity index (χ3n) is 4.33. The number of nitrogen functional groups attached to an aromatic ring is 1. The van der Waals surface area contributed by atoms with Gasteiger partial charge < -0.3 is 15.4 Å². The Morgan fingerprint density at radius 2 is 1.83 bits per heavy atom. The molecule has 0 spiro atoms. The molecule has 7 nitrogen and oxygen atoms in total. The summed E-state index contributed by atoms with van der Waals surface area (Å²) in [6.45, 7) is 4.46. The van der Waals surface area contributed by atoms with Crippen LogP contribution in [-0.4, -0.2) is 41.2 Å². The van der Waals surface area contributed by atoms with E-state index < -0.39 is 5.97 Å². The summed E-state index contributed by atoms with van der Waals surface area (Å²) < 4.78 is 6.07. The van der Waals surface area contributed by atoms with Gasteiger partial charge >= 0.3 is 5.97 Å². The fourth-order valence-electron chi connectivity index (χ4n) is 2.79. The van der Waals surface area contributed by atoms with Crippen LogP contribution in [0.5, 0.6) is 0 Å². The lowest BCUT2D eigenvalue weighted by Crippen LogP contribution is -2.32. The van der Waals surface area contributed by atoms with E-state index in [1.54, 1.807) is 0 Å². The smallest absolute Gasteiger partial charge is 0.362 e. The van der Waals surface area contributed by atoms with Crippen molar-refractivity contribution in [3.8, 4) is 5.69 Å². The lowest BCUT2D eigenvalue weighted by atomic mass is 9.99. The van der Waals surface area contributed by atoms with Crippen LogP contribution < -0.4 is 10.6 Å². The average molecular weight is 315 g/mol.